The molecule has 91 heavy (non-hydrogen) atoms. The molecule has 0 saturated carbocycles. The van der Waals surface area contributed by atoms with Gasteiger partial charge in [0.15, 0.2) is 8.07 Å². The van der Waals surface area contributed by atoms with Crippen molar-refractivity contribution in [3.05, 3.63) is 307 Å². The zero-order chi connectivity index (χ0) is 82.7. The number of hydrogen-bond donors (Lipinski definition) is 0. The highest BCUT2D eigenvalue weighted by molar-refractivity contribution is 7.20. The van der Waals surface area contributed by atoms with Crippen molar-refractivity contribution in [2.75, 3.05) is 0 Å². The molecule has 3 aromatic heterocycles. The van der Waals surface area contributed by atoms with Gasteiger partial charge in [-0.15, -0.1) is 0 Å². The summed E-state index contributed by atoms with van der Waals surface area (Å²) in [6.45, 7) is 15.3. The zero-order valence-corrected chi connectivity index (χ0v) is 52.7. The molecule has 14 aromatic rings. The van der Waals surface area contributed by atoms with Crippen LogP contribution < -0.4 is 30.1 Å². The quantitative estimate of drug-likeness (QED) is 0.0529. The van der Waals surface area contributed by atoms with Crippen molar-refractivity contribution < 1.29 is 40.8 Å². The molecule has 0 radical (unpaired) electrons. The number of imidazole rings is 1. The summed E-state index contributed by atoms with van der Waals surface area (Å²) in [5.41, 5.74) is 4.81. The SMILES string of the molecule is [2H]c1c([2H])c([2H])c(-c2cnc(-n3c4ccccc4c4ccc(Oc5cccc(-n6[c-][n+](-c7c(-c8cccc(C(C)(C)C)c8)cc(C(C)(C)C)cc7[Si](c7c([2H])c([2H])c([2H])c([2H])c7[2H])(c7c([2H])c([2H])c([2H])c([2H])c7[2H])c7c([2H])c([2H])c([2H])c([2H])c7[2H])c7ccc(-c8ccc(C(C)(C)C)cc8)cc76)c5)cc43)cc2C([2H])([2H])[2H])c([2H])c1[2H]. The van der Waals surface area contributed by atoms with Gasteiger partial charge in [0.2, 0.25) is 0 Å². The molecule has 3 heterocycles. The lowest BCUT2D eigenvalue weighted by Crippen LogP contribution is -2.76. The predicted octanol–water partition coefficient (Wildman–Crippen LogP) is 18.6. The molecule has 0 fully saturated rings. The Bertz CT molecular complexity index is 6120. The molecular formula is C85H76N4OSi. The minimum absolute atomic E-state index is 0.0671. The second-order valence-electron chi connectivity index (χ2n) is 25.8. The van der Waals surface area contributed by atoms with Gasteiger partial charge in [0.1, 0.15) is 17.3 Å². The first kappa shape index (κ1) is 37.8. The molecule has 11 aromatic carbocycles. The molecule has 0 atom stereocenters. The van der Waals surface area contributed by atoms with Crippen LogP contribution in [0.4, 0.5) is 0 Å². The van der Waals surface area contributed by atoms with Crippen LogP contribution in [0.2, 0.25) is 0 Å². The summed E-state index contributed by atoms with van der Waals surface area (Å²) in [7, 11) is -5.99. The van der Waals surface area contributed by atoms with E-state index in [0.717, 1.165) is 33.0 Å². The van der Waals surface area contributed by atoms with Crippen LogP contribution in [0.25, 0.3) is 83.4 Å². The number of pyridine rings is 1. The summed E-state index contributed by atoms with van der Waals surface area (Å²) in [5, 5.41) is -0.620. The van der Waals surface area contributed by atoms with Crippen LogP contribution in [0.3, 0.4) is 0 Å². The minimum atomic E-state index is -5.99. The molecule has 0 N–H and O–H groups in total. The van der Waals surface area contributed by atoms with Crippen LogP contribution in [-0.2, 0) is 16.2 Å². The molecular weight excluding hydrogens is 1120 g/mol. The summed E-state index contributed by atoms with van der Waals surface area (Å²) >= 11 is 0. The van der Waals surface area contributed by atoms with E-state index in [0.29, 0.717) is 50.2 Å². The van der Waals surface area contributed by atoms with Gasteiger partial charge in [-0.05, 0) is 142 Å². The molecule has 14 rings (SSSR count). The fraction of sp³-hybridized carbons (Fsp3) is 0.153. The van der Waals surface area contributed by atoms with Crippen molar-refractivity contribution >= 4 is 61.7 Å². The van der Waals surface area contributed by atoms with Gasteiger partial charge in [0.05, 0.1) is 60.9 Å². The van der Waals surface area contributed by atoms with Crippen LogP contribution in [0, 0.1) is 13.2 Å². The first-order valence-corrected chi connectivity index (χ1v) is 31.9. The second-order valence-corrected chi connectivity index (χ2v) is 29.3. The molecule has 0 unspecified atom stereocenters. The van der Waals surface area contributed by atoms with E-state index < -0.39 is 162 Å². The summed E-state index contributed by atoms with van der Waals surface area (Å²) in [6, 6.07) is 29.6. The fourth-order valence-corrected chi connectivity index (χ4v) is 16.1. The van der Waals surface area contributed by atoms with Crippen LogP contribution in [-0.4, -0.2) is 22.2 Å². The van der Waals surface area contributed by atoms with Crippen LogP contribution in [0.15, 0.2) is 279 Å². The topological polar surface area (TPSA) is 35.9 Å². The number of ether oxygens (including phenoxy) is 1. The van der Waals surface area contributed by atoms with Crippen molar-refractivity contribution in [3.63, 3.8) is 0 Å². The average Bonchev–Trinajstić information content (AvgIpc) is 0.740. The third kappa shape index (κ3) is 10.8. The molecule has 5 nitrogen and oxygen atoms in total. The van der Waals surface area contributed by atoms with Crippen molar-refractivity contribution in [2.45, 2.75) is 85.4 Å². The van der Waals surface area contributed by atoms with Gasteiger partial charge in [-0.1, -0.05) is 280 Å². The van der Waals surface area contributed by atoms with Gasteiger partial charge in [-0.3, -0.25) is 13.7 Å². The Kier molecular flexibility index (Phi) is 9.55. The monoisotopic (exact) mass is 1220 g/mol. The molecule has 0 aliphatic heterocycles. The van der Waals surface area contributed by atoms with E-state index in [1.807, 2.05) is 139 Å². The Morgan fingerprint density at radius 2 is 1.07 bits per heavy atom. The molecule has 446 valence electrons. The van der Waals surface area contributed by atoms with E-state index in [2.05, 4.69) is 39.2 Å². The smallest absolute Gasteiger partial charge is 0.269 e. The maximum atomic E-state index is 10.3. The van der Waals surface area contributed by atoms with E-state index in [9.17, 15) is 16.4 Å². The molecule has 0 bridgehead atoms. The Morgan fingerprint density at radius 1 is 0.462 bits per heavy atom. The number of benzene rings is 11. The van der Waals surface area contributed by atoms with Crippen molar-refractivity contribution in [3.8, 4) is 62.1 Å². The van der Waals surface area contributed by atoms with E-state index in [1.54, 1.807) is 50.1 Å². The average molecular weight is 1220 g/mol. The minimum Gasteiger partial charge on any atom is -0.458 e. The third-order valence-electron chi connectivity index (χ3n) is 16.9. The third-order valence-corrected chi connectivity index (χ3v) is 21.0. The lowest BCUT2D eigenvalue weighted by molar-refractivity contribution is -0.570. The van der Waals surface area contributed by atoms with Gasteiger partial charge < -0.3 is 4.74 Å². The predicted molar refractivity (Wildman–Crippen MR) is 383 cm³/mol. The summed E-state index contributed by atoms with van der Waals surface area (Å²) < 4.78 is 227. The van der Waals surface area contributed by atoms with Crippen LogP contribution >= 0.6 is 0 Å². The molecule has 0 saturated heterocycles. The van der Waals surface area contributed by atoms with Crippen molar-refractivity contribution in [2.24, 2.45) is 0 Å². The number of aryl methyl sites for hydroxylation is 1. The Labute approximate surface area is 569 Å². The zero-order valence-electron chi connectivity index (χ0n) is 74.7. The maximum Gasteiger partial charge on any atom is 0.269 e. The Morgan fingerprint density at radius 3 is 1.71 bits per heavy atom. The number of nitrogens with zero attached hydrogens (tertiary/aromatic N) is 4. The summed E-state index contributed by atoms with van der Waals surface area (Å²) in [4.78, 5) is 4.77. The fourth-order valence-electron chi connectivity index (χ4n) is 12.1. The van der Waals surface area contributed by atoms with E-state index in [1.165, 1.54) is 12.3 Å². The lowest BCUT2D eigenvalue weighted by atomic mass is 9.83. The van der Waals surface area contributed by atoms with E-state index in [-0.39, 0.29) is 44.5 Å². The van der Waals surface area contributed by atoms with E-state index >= 15 is 0 Å². The van der Waals surface area contributed by atoms with Gasteiger partial charge in [-0.2, -0.15) is 0 Å². The van der Waals surface area contributed by atoms with Crippen molar-refractivity contribution in [1.82, 2.24) is 14.1 Å². The van der Waals surface area contributed by atoms with Gasteiger partial charge in [-0.25, -0.2) is 4.98 Å². The maximum absolute atomic E-state index is 10.3. The molecule has 0 aliphatic carbocycles. The van der Waals surface area contributed by atoms with E-state index in [4.69, 9.17) is 24.8 Å². The first-order chi connectivity index (χ1) is 53.4. The number of rotatable bonds is 12. The van der Waals surface area contributed by atoms with Crippen LogP contribution in [0.5, 0.6) is 11.5 Å². The Hall–Kier alpha value is -10.1. The second kappa shape index (κ2) is 23.0. The molecule has 0 aliphatic rings. The number of fused-ring (bicyclic) bond motifs is 4. The van der Waals surface area contributed by atoms with Gasteiger partial charge in [0, 0.05) is 32.7 Å². The first-order valence-electron chi connectivity index (χ1n) is 41.4. The molecule has 6 heteroatoms. The highest BCUT2D eigenvalue weighted by atomic mass is 28.3. The number of aromatic nitrogens is 4. The highest BCUT2D eigenvalue weighted by Gasteiger charge is 2.45. The number of hydrogen-bond acceptors (Lipinski definition) is 2. The van der Waals surface area contributed by atoms with Gasteiger partial charge >= 0.3 is 0 Å². The summed E-state index contributed by atoms with van der Waals surface area (Å²) in [6.07, 6.45) is 4.91. The van der Waals surface area contributed by atoms with Gasteiger partial charge in [0.25, 0.3) is 6.33 Å². The largest absolute Gasteiger partial charge is 0.458 e. The van der Waals surface area contributed by atoms with Crippen LogP contribution in [0.1, 0.15) is 116 Å². The molecule has 0 amide bonds. The molecule has 0 spiro atoms. The Balaban J connectivity index is 1.10. The normalized spacial score (nSPS) is 16.0. The highest BCUT2D eigenvalue weighted by Crippen LogP contribution is 2.39. The standard InChI is InChI=1S/C85H76N4OSi/c1-58-49-81(86-56-75(58)60-27-15-11-16-28-60)89-76-40-24-23-39-72(76)73-47-46-68(55-78(73)89)90-67-32-26-31-66(54-67)87-57-88(77-48-43-61(51-79(77)87)59-41-44-63(45-42-59)83(2,3)4)82-74(62-29-25-30-64(50-62)84(5,6)7)52-65(85(8,9)10)53-80(82)91(69-33-17-12-18-34-69,70-35-19-13-20-36-70)71-37-21-14-22-38-71/h11-56H,1-10H3/i1D3,11D,12D,13D,14D,15D,16D,17D,18D,19D,20D,21D,22D,27D,28D,33D,34D,35D,36D,37D,38D. The summed E-state index contributed by atoms with van der Waals surface area (Å²) in [5.74, 6) is 0.709. The van der Waals surface area contributed by atoms with Crippen molar-refractivity contribution in [1.29, 1.82) is 0 Å². The number of para-hydroxylation sites is 1. The lowest BCUT2D eigenvalue weighted by Gasteiger charge is -2.38.